The first-order valence-corrected chi connectivity index (χ1v) is 19.7. The van der Waals surface area contributed by atoms with Crippen LogP contribution in [0.3, 0.4) is 0 Å². The monoisotopic (exact) mass is 735 g/mol. The number of aryl methyl sites for hydroxylation is 1. The van der Waals surface area contributed by atoms with Gasteiger partial charge in [0.2, 0.25) is 0 Å². The molecule has 8 aromatic rings. The summed E-state index contributed by atoms with van der Waals surface area (Å²) in [6.07, 6.45) is 25.6. The van der Waals surface area contributed by atoms with E-state index < -0.39 is 0 Å². The van der Waals surface area contributed by atoms with Gasteiger partial charge in [-0.2, -0.15) is 0 Å². The fraction of sp³-hybridized carbons (Fsp3) is 0.0962. The number of aromatic nitrogens is 3. The molecule has 3 aromatic heterocycles. The van der Waals surface area contributed by atoms with Gasteiger partial charge in [0.1, 0.15) is 22.5 Å². The lowest BCUT2D eigenvalue weighted by molar-refractivity contribution is 0.545. The molecule has 57 heavy (non-hydrogen) atoms. The molecule has 3 aliphatic carbocycles. The normalized spacial score (nSPS) is 17.8. The van der Waals surface area contributed by atoms with E-state index in [1.807, 2.05) is 31.2 Å². The largest absolute Gasteiger partial charge is 0.460 e. The lowest BCUT2D eigenvalue weighted by atomic mass is 9.74. The standard InChI is InChI=1S/C52H37N3O2/c1-2-3-5-13-32-22-26-41(39-19-11-10-18-38(32)39)51-53-50(33-14-6-4-7-15-33)54-52(55-51)42-20-12-21-46-49(42)44-29-36(24-27-45(44)56-46)37-23-25-40-43-28-34-16-8-9-17-35(34)30-48(43)57-47(40)31-37/h2-11,13-20,22-31,38-39H,12,21H2,1H3/b3-2-,13-5-. The van der Waals surface area contributed by atoms with Gasteiger partial charge in [-0.3, -0.25) is 0 Å². The van der Waals surface area contributed by atoms with Crippen molar-refractivity contribution in [2.45, 2.75) is 19.8 Å². The second kappa shape index (κ2) is 13.6. The molecule has 5 nitrogen and oxygen atoms in total. The smallest absolute Gasteiger partial charge is 0.164 e. The molecule has 0 saturated carbocycles. The predicted molar refractivity (Wildman–Crippen MR) is 232 cm³/mol. The quantitative estimate of drug-likeness (QED) is 0.159. The number of nitrogens with zero attached hydrogens (tertiary/aromatic N) is 3. The van der Waals surface area contributed by atoms with Crippen molar-refractivity contribution < 1.29 is 8.83 Å². The molecule has 0 amide bonds. The van der Waals surface area contributed by atoms with Crippen molar-refractivity contribution in [3.05, 3.63) is 199 Å². The Morgan fingerprint density at radius 2 is 1.35 bits per heavy atom. The van der Waals surface area contributed by atoms with E-state index in [0.29, 0.717) is 17.5 Å². The Balaban J connectivity index is 1.03. The Labute approximate surface area is 330 Å². The second-order valence-electron chi connectivity index (χ2n) is 14.9. The minimum atomic E-state index is 0.0977. The fourth-order valence-electron chi connectivity index (χ4n) is 8.73. The average molecular weight is 736 g/mol. The maximum Gasteiger partial charge on any atom is 0.164 e. The summed E-state index contributed by atoms with van der Waals surface area (Å²) < 4.78 is 13.0. The first kappa shape index (κ1) is 33.2. The summed E-state index contributed by atoms with van der Waals surface area (Å²) in [5.74, 6) is 3.24. The highest BCUT2D eigenvalue weighted by Gasteiger charge is 2.31. The highest BCUT2D eigenvalue weighted by molar-refractivity contribution is 6.11. The molecule has 0 fully saturated rings. The summed E-state index contributed by atoms with van der Waals surface area (Å²) in [6.45, 7) is 2.03. The average Bonchev–Trinajstić information content (AvgIpc) is 3.82. The molecular formula is C52H37N3O2. The van der Waals surface area contributed by atoms with Gasteiger partial charge in [-0.25, -0.2) is 15.0 Å². The third-order valence-corrected chi connectivity index (χ3v) is 11.5. The molecule has 0 aliphatic heterocycles. The van der Waals surface area contributed by atoms with E-state index in [1.165, 1.54) is 16.3 Å². The van der Waals surface area contributed by atoms with Gasteiger partial charge in [-0.1, -0.05) is 134 Å². The minimum absolute atomic E-state index is 0.0977. The van der Waals surface area contributed by atoms with Crippen LogP contribution in [0.4, 0.5) is 0 Å². The van der Waals surface area contributed by atoms with Crippen molar-refractivity contribution in [1.82, 2.24) is 15.0 Å². The molecule has 5 heteroatoms. The lowest BCUT2D eigenvalue weighted by Crippen LogP contribution is -2.21. The summed E-state index contributed by atoms with van der Waals surface area (Å²) in [6, 6.07) is 36.0. The molecule has 0 saturated heterocycles. The van der Waals surface area contributed by atoms with Crippen LogP contribution in [0.5, 0.6) is 0 Å². The Kier molecular flexibility index (Phi) is 7.92. The van der Waals surface area contributed by atoms with Crippen LogP contribution in [-0.4, -0.2) is 15.0 Å². The maximum atomic E-state index is 6.59. The lowest BCUT2D eigenvalue weighted by Gasteiger charge is -2.30. The molecule has 0 radical (unpaired) electrons. The molecule has 2 atom stereocenters. The first-order chi connectivity index (χ1) is 28.2. The van der Waals surface area contributed by atoms with Gasteiger partial charge >= 0.3 is 0 Å². The number of allylic oxidation sites excluding steroid dienone is 13. The summed E-state index contributed by atoms with van der Waals surface area (Å²) in [5, 5.41) is 5.67. The number of furan rings is 2. The number of hydrogen-bond donors (Lipinski definition) is 0. The van der Waals surface area contributed by atoms with Crippen LogP contribution >= 0.6 is 0 Å². The van der Waals surface area contributed by atoms with Crippen LogP contribution < -0.4 is 0 Å². The van der Waals surface area contributed by atoms with Crippen LogP contribution in [0.2, 0.25) is 0 Å². The molecule has 0 N–H and O–H groups in total. The topological polar surface area (TPSA) is 65.0 Å². The van der Waals surface area contributed by atoms with E-state index in [4.69, 9.17) is 23.8 Å². The first-order valence-electron chi connectivity index (χ1n) is 19.7. The molecule has 0 spiro atoms. The molecule has 0 bridgehead atoms. The van der Waals surface area contributed by atoms with E-state index in [-0.39, 0.29) is 11.8 Å². The van der Waals surface area contributed by atoms with E-state index in [9.17, 15) is 0 Å². The zero-order chi connectivity index (χ0) is 37.9. The zero-order valence-corrected chi connectivity index (χ0v) is 31.4. The van der Waals surface area contributed by atoms with Crippen molar-refractivity contribution >= 4 is 54.8 Å². The van der Waals surface area contributed by atoms with Gasteiger partial charge in [-0.05, 0) is 77.2 Å². The number of rotatable bonds is 6. The van der Waals surface area contributed by atoms with Crippen molar-refractivity contribution in [3.63, 3.8) is 0 Å². The van der Waals surface area contributed by atoms with Crippen LogP contribution in [-0.2, 0) is 6.42 Å². The maximum absolute atomic E-state index is 6.59. The van der Waals surface area contributed by atoms with Crippen LogP contribution in [0.25, 0.3) is 77.3 Å². The Bertz CT molecular complexity index is 3150. The van der Waals surface area contributed by atoms with E-state index in [1.54, 1.807) is 0 Å². The number of hydrogen-bond acceptors (Lipinski definition) is 5. The van der Waals surface area contributed by atoms with Crippen molar-refractivity contribution in [1.29, 1.82) is 0 Å². The van der Waals surface area contributed by atoms with Gasteiger partial charge in [0.15, 0.2) is 17.5 Å². The fourth-order valence-corrected chi connectivity index (χ4v) is 8.73. The summed E-state index contributed by atoms with van der Waals surface area (Å²) >= 11 is 0. The number of fused-ring (bicyclic) bond motifs is 8. The molecule has 272 valence electrons. The second-order valence-corrected chi connectivity index (χ2v) is 14.9. The molecule has 3 aliphatic rings. The molecule has 11 rings (SSSR count). The van der Waals surface area contributed by atoms with Gasteiger partial charge in [0.25, 0.3) is 0 Å². The van der Waals surface area contributed by atoms with Crippen molar-refractivity contribution in [2.24, 2.45) is 11.8 Å². The minimum Gasteiger partial charge on any atom is -0.460 e. The van der Waals surface area contributed by atoms with Crippen molar-refractivity contribution in [3.8, 4) is 22.5 Å². The predicted octanol–water partition coefficient (Wildman–Crippen LogP) is 13.2. The van der Waals surface area contributed by atoms with Crippen LogP contribution in [0, 0.1) is 11.8 Å². The van der Waals surface area contributed by atoms with Gasteiger partial charge < -0.3 is 8.83 Å². The Morgan fingerprint density at radius 1 is 0.596 bits per heavy atom. The highest BCUT2D eigenvalue weighted by atomic mass is 16.3. The van der Waals surface area contributed by atoms with E-state index in [2.05, 4.69) is 146 Å². The molecule has 2 unspecified atom stereocenters. The van der Waals surface area contributed by atoms with Gasteiger partial charge in [0.05, 0.1) is 0 Å². The molecule has 3 heterocycles. The molecule has 5 aromatic carbocycles. The van der Waals surface area contributed by atoms with Gasteiger partial charge in [-0.15, -0.1) is 0 Å². The third kappa shape index (κ3) is 5.74. The Hall–Kier alpha value is -7.11. The SMILES string of the molecule is C/C=C\C=C/C1=CC=C(c2nc(C3=CCCc4oc5ccc(-c6ccc7c(c6)oc6cc8ccccc8cc67)cc5c43)nc(-c3ccccc3)n2)C2C=CC=CC12. The van der Waals surface area contributed by atoms with Crippen molar-refractivity contribution in [2.75, 3.05) is 0 Å². The summed E-state index contributed by atoms with van der Waals surface area (Å²) in [7, 11) is 0. The van der Waals surface area contributed by atoms with E-state index >= 15 is 0 Å². The highest BCUT2D eigenvalue weighted by Crippen LogP contribution is 2.43. The molecular weight excluding hydrogens is 699 g/mol. The van der Waals surface area contributed by atoms with Crippen LogP contribution in [0.15, 0.2) is 184 Å². The Morgan fingerprint density at radius 3 is 2.23 bits per heavy atom. The number of benzene rings is 5. The van der Waals surface area contributed by atoms with E-state index in [0.717, 1.165) is 84.9 Å². The van der Waals surface area contributed by atoms with Gasteiger partial charge in [0, 0.05) is 56.7 Å². The summed E-state index contributed by atoms with van der Waals surface area (Å²) in [4.78, 5) is 15.7. The zero-order valence-electron chi connectivity index (χ0n) is 31.4. The third-order valence-electron chi connectivity index (χ3n) is 11.5. The van der Waals surface area contributed by atoms with Crippen LogP contribution in [0.1, 0.15) is 36.3 Å². The summed E-state index contributed by atoms with van der Waals surface area (Å²) in [5.41, 5.74) is 10.1.